The normalized spacial score (nSPS) is 12.4. The van der Waals surface area contributed by atoms with Crippen LogP contribution in [-0.2, 0) is 0 Å². The lowest BCUT2D eigenvalue weighted by Gasteiger charge is -2.18. The fourth-order valence-corrected chi connectivity index (χ4v) is 6.37. The smallest absolute Gasteiger partial charge is 0.264 e. The monoisotopic (exact) mass is 568 g/mol. The molecule has 4 aromatic heterocycles. The van der Waals surface area contributed by atoms with Gasteiger partial charge >= 0.3 is 0 Å². The first-order valence-electron chi connectivity index (χ1n) is 13.0. The molecule has 0 aliphatic rings. The number of ether oxygens (including phenoxy) is 1. The average molecular weight is 569 g/mol. The average Bonchev–Trinajstić information content (AvgIpc) is 3.51. The Kier molecular flexibility index (Phi) is 6.64. The van der Waals surface area contributed by atoms with E-state index < -0.39 is 0 Å². The number of aryl methyl sites for hydroxylation is 1. The Morgan fingerprint density at radius 3 is 2.52 bits per heavy atom. The van der Waals surface area contributed by atoms with E-state index in [1.54, 1.807) is 15.7 Å². The number of benzene rings is 2. The maximum absolute atomic E-state index is 13.9. The van der Waals surface area contributed by atoms with E-state index in [0.717, 1.165) is 38.3 Å². The van der Waals surface area contributed by atoms with Crippen molar-refractivity contribution in [3.63, 3.8) is 0 Å². The number of fused-ring (bicyclic) bond motifs is 2. The number of pyridine rings is 1. The number of aromatic nitrogens is 5. The third-order valence-corrected chi connectivity index (χ3v) is 8.40. The predicted octanol–water partition coefficient (Wildman–Crippen LogP) is 5.62. The van der Waals surface area contributed by atoms with Gasteiger partial charge in [-0.25, -0.2) is 14.6 Å². The Hall–Kier alpha value is -4.07. The van der Waals surface area contributed by atoms with Gasteiger partial charge < -0.3 is 10.5 Å². The van der Waals surface area contributed by atoms with Crippen LogP contribution in [0.5, 0.6) is 5.75 Å². The molecule has 8 nitrogen and oxygen atoms in total. The molecule has 202 valence electrons. The maximum atomic E-state index is 13.9. The molecule has 0 saturated carbocycles. The molecule has 0 radical (unpaired) electrons. The number of nitrogens with zero attached hydrogens (tertiary/aromatic N) is 5. The summed E-state index contributed by atoms with van der Waals surface area (Å²) < 4.78 is 9.55. The molecule has 0 spiro atoms. The van der Waals surface area contributed by atoms with Gasteiger partial charge in [0, 0.05) is 21.9 Å². The fraction of sp³-hybridized carbons (Fsp3) is 0.200. The van der Waals surface area contributed by atoms with Crippen LogP contribution in [0, 0.1) is 6.92 Å². The summed E-state index contributed by atoms with van der Waals surface area (Å²) in [6.45, 7) is 7.98. The Bertz CT molecular complexity index is 1940. The minimum absolute atomic E-state index is 0.0523. The van der Waals surface area contributed by atoms with E-state index in [9.17, 15) is 4.79 Å². The highest BCUT2D eigenvalue weighted by Gasteiger charge is 2.25. The summed E-state index contributed by atoms with van der Waals surface area (Å²) in [5, 5.41) is 8.64. The van der Waals surface area contributed by atoms with Crippen molar-refractivity contribution in [2.45, 2.75) is 39.8 Å². The van der Waals surface area contributed by atoms with Crippen molar-refractivity contribution in [1.29, 1.82) is 0 Å². The standard InChI is InChI=1S/C30H29N6O2PS/c1-16(2)38-22-11-10-20(12-23(22)39)27-26-28(31)32-15-33-29(26)36(34-27)18(4)21-13-24-35(17(3)14-40-24)30(37)25(21)19-8-6-5-7-9-19/h5-16,18H,39H2,1-4H3,(H2,31,32,33)/t18-/m0/s1. The van der Waals surface area contributed by atoms with Gasteiger partial charge in [-0.3, -0.25) is 9.20 Å². The molecule has 10 heteroatoms. The SMILES string of the molecule is Cc1csc2cc([C@H](C)n3nc(-c4ccc(OC(C)C)c(P)c4)c4c(N)ncnc43)c(-c3ccccc3)c(=O)n12. The molecular weight excluding hydrogens is 539 g/mol. The van der Waals surface area contributed by atoms with Crippen molar-refractivity contribution in [3.05, 3.63) is 87.9 Å². The number of rotatable bonds is 6. The zero-order valence-electron chi connectivity index (χ0n) is 22.6. The van der Waals surface area contributed by atoms with Gasteiger partial charge in [-0.2, -0.15) is 5.10 Å². The van der Waals surface area contributed by atoms with Gasteiger partial charge in [0.15, 0.2) is 5.65 Å². The number of nitrogen functional groups attached to an aromatic ring is 1. The third-order valence-electron chi connectivity index (χ3n) is 6.95. The summed E-state index contributed by atoms with van der Waals surface area (Å²) in [6.07, 6.45) is 1.51. The summed E-state index contributed by atoms with van der Waals surface area (Å²) in [7, 11) is 2.74. The summed E-state index contributed by atoms with van der Waals surface area (Å²) in [5.74, 6) is 1.14. The molecule has 6 rings (SSSR count). The van der Waals surface area contributed by atoms with E-state index in [1.165, 1.54) is 6.33 Å². The molecule has 2 atom stereocenters. The summed E-state index contributed by atoms with van der Waals surface area (Å²) >= 11 is 1.55. The lowest BCUT2D eigenvalue weighted by Crippen LogP contribution is -2.21. The number of anilines is 1. The Labute approximate surface area is 237 Å². The van der Waals surface area contributed by atoms with Crippen molar-refractivity contribution in [2.24, 2.45) is 0 Å². The van der Waals surface area contributed by atoms with Gasteiger partial charge in [0.1, 0.15) is 28.4 Å². The van der Waals surface area contributed by atoms with Gasteiger partial charge in [-0.15, -0.1) is 20.6 Å². The Balaban J connectivity index is 1.58. The van der Waals surface area contributed by atoms with E-state index in [0.29, 0.717) is 28.1 Å². The number of hydrogen-bond acceptors (Lipinski definition) is 7. The van der Waals surface area contributed by atoms with Crippen LogP contribution in [0.15, 0.2) is 71.1 Å². The second-order valence-corrected chi connectivity index (χ2v) is 11.6. The quantitative estimate of drug-likeness (QED) is 0.262. The molecule has 0 amide bonds. The van der Waals surface area contributed by atoms with Gasteiger partial charge in [0.25, 0.3) is 5.56 Å². The third kappa shape index (κ3) is 4.35. The highest BCUT2D eigenvalue weighted by Crippen LogP contribution is 2.36. The van der Waals surface area contributed by atoms with E-state index in [1.807, 2.05) is 86.3 Å². The van der Waals surface area contributed by atoms with Crippen molar-refractivity contribution in [2.75, 3.05) is 5.73 Å². The van der Waals surface area contributed by atoms with Gasteiger partial charge in [-0.1, -0.05) is 30.3 Å². The van der Waals surface area contributed by atoms with E-state index >= 15 is 0 Å². The first-order chi connectivity index (χ1) is 19.2. The summed E-state index contributed by atoms with van der Waals surface area (Å²) in [5.41, 5.74) is 11.8. The number of nitrogens with two attached hydrogens (primary N) is 1. The van der Waals surface area contributed by atoms with E-state index in [-0.39, 0.29) is 17.7 Å². The Morgan fingerprint density at radius 2 is 1.80 bits per heavy atom. The summed E-state index contributed by atoms with van der Waals surface area (Å²) in [6, 6.07) is 17.4. The van der Waals surface area contributed by atoms with Crippen molar-refractivity contribution >= 4 is 47.6 Å². The van der Waals surface area contributed by atoms with Crippen molar-refractivity contribution in [1.82, 2.24) is 24.1 Å². The van der Waals surface area contributed by atoms with Crippen molar-refractivity contribution in [3.8, 4) is 28.1 Å². The second-order valence-electron chi connectivity index (χ2n) is 10.0. The zero-order chi connectivity index (χ0) is 28.1. The molecule has 6 aromatic rings. The Morgan fingerprint density at radius 1 is 1.02 bits per heavy atom. The minimum Gasteiger partial charge on any atom is -0.490 e. The number of thiazole rings is 1. The molecule has 1 unspecified atom stereocenters. The molecule has 2 N–H and O–H groups in total. The maximum Gasteiger partial charge on any atom is 0.264 e. The van der Waals surface area contributed by atoms with Gasteiger partial charge in [0.2, 0.25) is 0 Å². The molecule has 0 bridgehead atoms. The topological polar surface area (TPSA) is 100 Å². The second kappa shape index (κ2) is 10.2. The largest absolute Gasteiger partial charge is 0.490 e. The molecule has 2 aromatic carbocycles. The summed E-state index contributed by atoms with van der Waals surface area (Å²) in [4.78, 5) is 23.7. The van der Waals surface area contributed by atoms with Crippen LogP contribution in [0.25, 0.3) is 38.2 Å². The predicted molar refractivity (Wildman–Crippen MR) is 166 cm³/mol. The van der Waals surface area contributed by atoms with Crippen LogP contribution in [0.2, 0.25) is 0 Å². The highest BCUT2D eigenvalue weighted by molar-refractivity contribution is 7.27. The fourth-order valence-electron chi connectivity index (χ4n) is 5.10. The van der Waals surface area contributed by atoms with Crippen LogP contribution in [0.4, 0.5) is 5.82 Å². The minimum atomic E-state index is -0.333. The molecule has 40 heavy (non-hydrogen) atoms. The molecule has 0 aliphatic carbocycles. The van der Waals surface area contributed by atoms with Gasteiger partial charge in [-0.05, 0) is 63.1 Å². The van der Waals surface area contributed by atoms with E-state index in [4.69, 9.17) is 15.6 Å². The molecule has 0 saturated heterocycles. The van der Waals surface area contributed by atoms with Gasteiger partial charge in [0.05, 0.1) is 23.1 Å². The first-order valence-corrected chi connectivity index (χ1v) is 14.4. The first kappa shape index (κ1) is 26.2. The van der Waals surface area contributed by atoms with Crippen molar-refractivity contribution < 1.29 is 4.74 Å². The lowest BCUT2D eigenvalue weighted by atomic mass is 9.97. The lowest BCUT2D eigenvalue weighted by molar-refractivity contribution is 0.244. The van der Waals surface area contributed by atoms with Crippen LogP contribution in [-0.4, -0.2) is 30.3 Å². The van der Waals surface area contributed by atoms with Crippen LogP contribution in [0.3, 0.4) is 0 Å². The molecular formula is C30H29N6O2PS. The molecule has 4 heterocycles. The number of hydrogen-bond donors (Lipinski definition) is 1. The molecule has 0 fully saturated rings. The van der Waals surface area contributed by atoms with E-state index in [2.05, 4.69) is 25.3 Å². The zero-order valence-corrected chi connectivity index (χ0v) is 24.6. The molecule has 0 aliphatic heterocycles. The van der Waals surface area contributed by atoms with Crippen LogP contribution in [0.1, 0.15) is 38.1 Å². The van der Waals surface area contributed by atoms with Crippen LogP contribution >= 0.6 is 20.6 Å². The highest BCUT2D eigenvalue weighted by atomic mass is 32.1. The van der Waals surface area contributed by atoms with Crippen LogP contribution < -0.4 is 21.3 Å².